The van der Waals surface area contributed by atoms with Crippen LogP contribution >= 0.6 is 0 Å². The van der Waals surface area contributed by atoms with Gasteiger partial charge in [0, 0.05) is 11.6 Å². The van der Waals surface area contributed by atoms with E-state index in [1.165, 1.54) is 25.3 Å². The maximum absolute atomic E-state index is 13.6. The Bertz CT molecular complexity index is 426. The first-order chi connectivity index (χ1) is 8.29. The average molecular weight is 257 g/mol. The molecule has 0 aromatic heterocycles. The zero-order valence-corrected chi connectivity index (χ0v) is 10.9. The molecule has 0 bridgehead atoms. The minimum absolute atomic E-state index is 0.0884. The average Bonchev–Trinajstić information content (AvgIpc) is 2.26. The number of benzene rings is 1. The lowest BCUT2D eigenvalue weighted by Gasteiger charge is -2.28. The van der Waals surface area contributed by atoms with Crippen LogP contribution in [0.25, 0.3) is 0 Å². The fraction of sp³-hybridized carbons (Fsp3) is 0.462. The molecule has 1 atom stereocenters. The standard InChI is InChI=1S/C13H17F2NO2/c1-8(16-13(2,3)12(17)18-4)11-9(14)6-5-7-10(11)15/h5-8,16H,1-4H3. The molecule has 5 heteroatoms. The van der Waals surface area contributed by atoms with Crippen molar-refractivity contribution >= 4 is 5.97 Å². The van der Waals surface area contributed by atoms with Crippen molar-refractivity contribution in [2.75, 3.05) is 7.11 Å². The minimum atomic E-state index is -1.02. The Balaban J connectivity index is 2.96. The Morgan fingerprint density at radius 2 is 1.83 bits per heavy atom. The molecule has 0 radical (unpaired) electrons. The molecule has 1 unspecified atom stereocenters. The second-order valence-electron chi connectivity index (χ2n) is 4.62. The summed E-state index contributed by atoms with van der Waals surface area (Å²) in [5.41, 5.74) is -1.11. The minimum Gasteiger partial charge on any atom is -0.468 e. The fourth-order valence-electron chi connectivity index (χ4n) is 1.85. The highest BCUT2D eigenvalue weighted by molar-refractivity contribution is 5.79. The van der Waals surface area contributed by atoms with Gasteiger partial charge in [0.1, 0.15) is 17.2 Å². The van der Waals surface area contributed by atoms with Gasteiger partial charge in [-0.05, 0) is 32.9 Å². The van der Waals surface area contributed by atoms with Crippen molar-refractivity contribution in [1.82, 2.24) is 5.32 Å². The zero-order chi connectivity index (χ0) is 13.9. The molecule has 0 amide bonds. The highest BCUT2D eigenvalue weighted by atomic mass is 19.1. The summed E-state index contributed by atoms with van der Waals surface area (Å²) >= 11 is 0. The number of hydrogen-bond donors (Lipinski definition) is 1. The Kier molecular flexibility index (Phi) is 4.40. The van der Waals surface area contributed by atoms with E-state index in [2.05, 4.69) is 10.1 Å². The van der Waals surface area contributed by atoms with Crippen molar-refractivity contribution < 1.29 is 18.3 Å². The van der Waals surface area contributed by atoms with Crippen LogP contribution in [0.4, 0.5) is 8.78 Å². The maximum Gasteiger partial charge on any atom is 0.325 e. The molecule has 0 spiro atoms. The van der Waals surface area contributed by atoms with E-state index in [9.17, 15) is 13.6 Å². The molecule has 0 heterocycles. The van der Waals surface area contributed by atoms with E-state index in [0.29, 0.717) is 0 Å². The van der Waals surface area contributed by atoms with Crippen molar-refractivity contribution in [1.29, 1.82) is 0 Å². The molecule has 0 saturated carbocycles. The predicted octanol–water partition coefficient (Wildman–Crippen LogP) is 2.57. The van der Waals surface area contributed by atoms with Crippen LogP contribution in [0.15, 0.2) is 18.2 Å². The molecule has 3 nitrogen and oxygen atoms in total. The van der Waals surface area contributed by atoms with Crippen LogP contribution < -0.4 is 5.32 Å². The number of halogens is 2. The van der Waals surface area contributed by atoms with Crippen molar-refractivity contribution in [3.63, 3.8) is 0 Å². The van der Waals surface area contributed by atoms with Crippen LogP contribution in [0.2, 0.25) is 0 Å². The van der Waals surface area contributed by atoms with Crippen molar-refractivity contribution in [2.24, 2.45) is 0 Å². The summed E-state index contributed by atoms with van der Waals surface area (Å²) in [4.78, 5) is 11.5. The van der Waals surface area contributed by atoms with Gasteiger partial charge in [-0.1, -0.05) is 6.07 Å². The first-order valence-corrected chi connectivity index (χ1v) is 5.59. The van der Waals surface area contributed by atoms with Crippen LogP contribution in [0.3, 0.4) is 0 Å². The Labute approximate surface area is 105 Å². The second kappa shape index (κ2) is 5.44. The number of nitrogens with one attached hydrogen (secondary N) is 1. The molecule has 1 rings (SSSR count). The summed E-state index contributed by atoms with van der Waals surface area (Å²) in [6, 6.07) is 3.01. The van der Waals surface area contributed by atoms with Gasteiger partial charge in [0.05, 0.1) is 7.11 Å². The molecule has 1 aromatic rings. The third kappa shape index (κ3) is 3.04. The molecular formula is C13H17F2NO2. The number of rotatable bonds is 4. The molecule has 0 saturated heterocycles. The van der Waals surface area contributed by atoms with Crippen LogP contribution in [0, 0.1) is 11.6 Å². The van der Waals surface area contributed by atoms with E-state index >= 15 is 0 Å². The predicted molar refractivity (Wildman–Crippen MR) is 64.0 cm³/mol. The second-order valence-corrected chi connectivity index (χ2v) is 4.62. The first-order valence-electron chi connectivity index (χ1n) is 5.59. The summed E-state index contributed by atoms with van der Waals surface area (Å²) in [6.45, 7) is 4.77. The lowest BCUT2D eigenvalue weighted by molar-refractivity contribution is -0.147. The Morgan fingerprint density at radius 3 is 2.28 bits per heavy atom. The molecule has 0 aliphatic rings. The highest BCUT2D eigenvalue weighted by Crippen LogP contribution is 2.22. The quantitative estimate of drug-likeness (QED) is 0.842. The maximum atomic E-state index is 13.6. The lowest BCUT2D eigenvalue weighted by atomic mass is 10.0. The molecule has 18 heavy (non-hydrogen) atoms. The van der Waals surface area contributed by atoms with Gasteiger partial charge >= 0.3 is 5.97 Å². The van der Waals surface area contributed by atoms with E-state index < -0.39 is 29.2 Å². The SMILES string of the molecule is COC(=O)C(C)(C)NC(C)c1c(F)cccc1F. The largest absolute Gasteiger partial charge is 0.468 e. The fourth-order valence-corrected chi connectivity index (χ4v) is 1.85. The third-order valence-electron chi connectivity index (χ3n) is 2.71. The molecule has 0 fully saturated rings. The van der Waals surface area contributed by atoms with Gasteiger partial charge in [0.2, 0.25) is 0 Å². The normalized spacial score (nSPS) is 13.2. The topological polar surface area (TPSA) is 38.3 Å². The summed E-state index contributed by atoms with van der Waals surface area (Å²) in [5, 5.41) is 2.85. The van der Waals surface area contributed by atoms with Gasteiger partial charge in [-0.2, -0.15) is 0 Å². The zero-order valence-electron chi connectivity index (χ0n) is 10.9. The van der Waals surface area contributed by atoms with Crippen molar-refractivity contribution in [2.45, 2.75) is 32.4 Å². The molecular weight excluding hydrogens is 240 g/mol. The van der Waals surface area contributed by atoms with Gasteiger partial charge in [-0.15, -0.1) is 0 Å². The molecule has 0 aliphatic carbocycles. The molecule has 100 valence electrons. The number of methoxy groups -OCH3 is 1. The van der Waals surface area contributed by atoms with Crippen molar-refractivity contribution in [3.05, 3.63) is 35.4 Å². The van der Waals surface area contributed by atoms with Gasteiger partial charge in [0.25, 0.3) is 0 Å². The van der Waals surface area contributed by atoms with Crippen LogP contribution in [-0.2, 0) is 9.53 Å². The summed E-state index contributed by atoms with van der Waals surface area (Å²) in [6.07, 6.45) is 0. The monoisotopic (exact) mass is 257 g/mol. The van der Waals surface area contributed by atoms with E-state index in [1.54, 1.807) is 20.8 Å². The molecule has 0 aliphatic heterocycles. The summed E-state index contributed by atoms with van der Waals surface area (Å²) in [5.74, 6) is -1.78. The molecule has 1 N–H and O–H groups in total. The van der Waals surface area contributed by atoms with E-state index in [4.69, 9.17) is 0 Å². The van der Waals surface area contributed by atoms with Gasteiger partial charge in [-0.25, -0.2) is 8.78 Å². The van der Waals surface area contributed by atoms with Crippen LogP contribution in [0.1, 0.15) is 32.4 Å². The van der Waals surface area contributed by atoms with Gasteiger partial charge in [0.15, 0.2) is 0 Å². The first kappa shape index (κ1) is 14.6. The van der Waals surface area contributed by atoms with Crippen molar-refractivity contribution in [3.8, 4) is 0 Å². The third-order valence-corrected chi connectivity index (χ3v) is 2.71. The van der Waals surface area contributed by atoms with Crippen LogP contribution in [-0.4, -0.2) is 18.6 Å². The van der Waals surface area contributed by atoms with E-state index in [-0.39, 0.29) is 5.56 Å². The number of carbonyl (C=O) groups is 1. The number of hydrogen-bond acceptors (Lipinski definition) is 3. The smallest absolute Gasteiger partial charge is 0.325 e. The molecule has 1 aromatic carbocycles. The van der Waals surface area contributed by atoms with E-state index in [1.807, 2.05) is 0 Å². The lowest BCUT2D eigenvalue weighted by Crippen LogP contribution is -2.48. The van der Waals surface area contributed by atoms with Gasteiger partial charge in [-0.3, -0.25) is 10.1 Å². The highest BCUT2D eigenvalue weighted by Gasteiger charge is 2.31. The Hall–Kier alpha value is -1.49. The number of ether oxygens (including phenoxy) is 1. The summed E-state index contributed by atoms with van der Waals surface area (Å²) < 4.78 is 31.7. The number of carbonyl (C=O) groups excluding carboxylic acids is 1. The number of esters is 1. The summed E-state index contributed by atoms with van der Waals surface area (Å²) in [7, 11) is 1.26. The van der Waals surface area contributed by atoms with Crippen LogP contribution in [0.5, 0.6) is 0 Å². The Morgan fingerprint density at radius 1 is 1.33 bits per heavy atom. The van der Waals surface area contributed by atoms with E-state index in [0.717, 1.165) is 0 Å². The van der Waals surface area contributed by atoms with Gasteiger partial charge < -0.3 is 4.74 Å².